The lowest BCUT2D eigenvalue weighted by molar-refractivity contribution is 0.148. The predicted molar refractivity (Wildman–Crippen MR) is 96.9 cm³/mol. The SMILES string of the molecule is CCOC(=O)Nc1cccc(C(F)F)c1COc1ccc(CC)cc1C. The number of aryl methyl sites for hydroxylation is 2. The summed E-state index contributed by atoms with van der Waals surface area (Å²) in [5.41, 5.74) is 2.41. The highest BCUT2D eigenvalue weighted by molar-refractivity contribution is 5.86. The normalized spacial score (nSPS) is 10.7. The number of nitrogens with one attached hydrogen (secondary N) is 1. The monoisotopic (exact) mass is 363 g/mol. The van der Waals surface area contributed by atoms with Gasteiger partial charge in [-0.15, -0.1) is 0 Å². The van der Waals surface area contributed by atoms with E-state index in [0.29, 0.717) is 5.75 Å². The smallest absolute Gasteiger partial charge is 0.411 e. The molecule has 4 nitrogen and oxygen atoms in total. The van der Waals surface area contributed by atoms with Crippen molar-refractivity contribution in [2.24, 2.45) is 0 Å². The Bertz CT molecular complexity index is 763. The topological polar surface area (TPSA) is 47.6 Å². The molecular weight excluding hydrogens is 340 g/mol. The number of halogens is 2. The fourth-order valence-corrected chi connectivity index (χ4v) is 2.61. The van der Waals surface area contributed by atoms with Crippen LogP contribution < -0.4 is 10.1 Å². The molecule has 0 saturated heterocycles. The number of hydrogen-bond acceptors (Lipinski definition) is 3. The van der Waals surface area contributed by atoms with Crippen LogP contribution in [0.5, 0.6) is 5.75 Å². The minimum Gasteiger partial charge on any atom is -0.489 e. The van der Waals surface area contributed by atoms with Crippen molar-refractivity contribution < 1.29 is 23.0 Å². The first kappa shape index (κ1) is 19.7. The summed E-state index contributed by atoms with van der Waals surface area (Å²) in [7, 11) is 0. The van der Waals surface area contributed by atoms with Gasteiger partial charge < -0.3 is 9.47 Å². The number of anilines is 1. The fraction of sp³-hybridized carbons (Fsp3) is 0.350. The third kappa shape index (κ3) is 4.94. The average Bonchev–Trinajstić information content (AvgIpc) is 2.61. The summed E-state index contributed by atoms with van der Waals surface area (Å²) >= 11 is 0. The molecule has 0 heterocycles. The Balaban J connectivity index is 2.27. The van der Waals surface area contributed by atoms with Gasteiger partial charge in [-0.2, -0.15) is 0 Å². The number of rotatable bonds is 7. The van der Waals surface area contributed by atoms with Gasteiger partial charge in [-0.3, -0.25) is 5.32 Å². The second-order valence-electron chi connectivity index (χ2n) is 5.76. The molecule has 0 aliphatic carbocycles. The quantitative estimate of drug-likeness (QED) is 0.692. The Morgan fingerprint density at radius 1 is 1.19 bits per heavy atom. The van der Waals surface area contributed by atoms with Gasteiger partial charge in [0.25, 0.3) is 6.43 Å². The van der Waals surface area contributed by atoms with Crippen LogP contribution in [0.4, 0.5) is 19.3 Å². The van der Waals surface area contributed by atoms with Crippen molar-refractivity contribution in [1.82, 2.24) is 0 Å². The van der Waals surface area contributed by atoms with Crippen molar-refractivity contribution in [3.63, 3.8) is 0 Å². The van der Waals surface area contributed by atoms with E-state index in [1.54, 1.807) is 13.0 Å². The van der Waals surface area contributed by atoms with Crippen LogP contribution in [0.2, 0.25) is 0 Å². The van der Waals surface area contributed by atoms with Gasteiger partial charge in [-0.25, -0.2) is 13.6 Å². The van der Waals surface area contributed by atoms with E-state index in [0.717, 1.165) is 12.0 Å². The third-order valence-electron chi connectivity index (χ3n) is 3.98. The summed E-state index contributed by atoms with van der Waals surface area (Å²) in [6, 6.07) is 10.1. The maximum Gasteiger partial charge on any atom is 0.411 e. The molecule has 0 bridgehead atoms. The number of benzene rings is 2. The Morgan fingerprint density at radius 3 is 2.58 bits per heavy atom. The fourth-order valence-electron chi connectivity index (χ4n) is 2.61. The first-order chi connectivity index (χ1) is 12.5. The highest BCUT2D eigenvalue weighted by Crippen LogP contribution is 2.30. The van der Waals surface area contributed by atoms with Gasteiger partial charge in [0.05, 0.1) is 12.3 Å². The van der Waals surface area contributed by atoms with Crippen LogP contribution in [-0.2, 0) is 17.8 Å². The van der Waals surface area contributed by atoms with Gasteiger partial charge in [0.2, 0.25) is 0 Å². The number of carbonyl (C=O) groups is 1. The second kappa shape index (κ2) is 9.17. The van der Waals surface area contributed by atoms with Crippen LogP contribution in [0.25, 0.3) is 0 Å². The van der Waals surface area contributed by atoms with E-state index in [2.05, 4.69) is 12.2 Å². The summed E-state index contributed by atoms with van der Waals surface area (Å²) in [4.78, 5) is 11.7. The Labute approximate surface area is 152 Å². The number of carbonyl (C=O) groups excluding carboxylic acids is 1. The van der Waals surface area contributed by atoms with E-state index < -0.39 is 12.5 Å². The second-order valence-corrected chi connectivity index (χ2v) is 5.76. The Morgan fingerprint density at radius 2 is 1.96 bits per heavy atom. The Hall–Kier alpha value is -2.63. The van der Waals surface area contributed by atoms with Crippen LogP contribution >= 0.6 is 0 Å². The molecule has 2 aromatic carbocycles. The zero-order valence-corrected chi connectivity index (χ0v) is 15.1. The molecule has 140 valence electrons. The number of amides is 1. The first-order valence-corrected chi connectivity index (χ1v) is 8.52. The summed E-state index contributed by atoms with van der Waals surface area (Å²) in [6.45, 7) is 5.73. The molecule has 0 unspecified atom stereocenters. The van der Waals surface area contributed by atoms with Gasteiger partial charge >= 0.3 is 6.09 Å². The van der Waals surface area contributed by atoms with Gasteiger partial charge in [0, 0.05) is 11.1 Å². The summed E-state index contributed by atoms with van der Waals surface area (Å²) in [6.07, 6.45) is -2.46. The molecule has 2 aromatic rings. The summed E-state index contributed by atoms with van der Waals surface area (Å²) in [5, 5.41) is 2.50. The van der Waals surface area contributed by atoms with E-state index in [1.165, 1.54) is 17.7 Å². The molecule has 0 aliphatic rings. The Kier molecular flexibility index (Phi) is 6.95. The van der Waals surface area contributed by atoms with E-state index >= 15 is 0 Å². The highest BCUT2D eigenvalue weighted by atomic mass is 19.3. The highest BCUT2D eigenvalue weighted by Gasteiger charge is 2.18. The maximum absolute atomic E-state index is 13.4. The molecule has 0 radical (unpaired) electrons. The van der Waals surface area contributed by atoms with Crippen LogP contribution in [0, 0.1) is 6.92 Å². The summed E-state index contributed by atoms with van der Waals surface area (Å²) < 4.78 is 37.4. The maximum atomic E-state index is 13.4. The van der Waals surface area contributed by atoms with Crippen LogP contribution in [0.1, 0.15) is 42.5 Å². The van der Waals surface area contributed by atoms with Crippen molar-refractivity contribution in [3.8, 4) is 5.75 Å². The van der Waals surface area contributed by atoms with Crippen LogP contribution in [-0.4, -0.2) is 12.7 Å². The molecule has 2 rings (SSSR count). The van der Waals surface area contributed by atoms with Gasteiger partial charge in [0.1, 0.15) is 12.4 Å². The number of ether oxygens (including phenoxy) is 2. The van der Waals surface area contributed by atoms with E-state index in [4.69, 9.17) is 9.47 Å². The van der Waals surface area contributed by atoms with E-state index in [-0.39, 0.29) is 30.0 Å². The van der Waals surface area contributed by atoms with Crippen molar-refractivity contribution in [3.05, 3.63) is 58.7 Å². The van der Waals surface area contributed by atoms with Crippen molar-refractivity contribution >= 4 is 11.8 Å². The number of hydrogen-bond donors (Lipinski definition) is 1. The van der Waals surface area contributed by atoms with Crippen molar-refractivity contribution in [2.75, 3.05) is 11.9 Å². The van der Waals surface area contributed by atoms with Gasteiger partial charge in [-0.05, 0) is 43.5 Å². The van der Waals surface area contributed by atoms with Gasteiger partial charge in [0.15, 0.2) is 0 Å². The average molecular weight is 363 g/mol. The molecule has 1 N–H and O–H groups in total. The zero-order chi connectivity index (χ0) is 19.1. The molecule has 0 fully saturated rings. The zero-order valence-electron chi connectivity index (χ0n) is 15.1. The van der Waals surface area contributed by atoms with E-state index in [1.807, 2.05) is 25.1 Å². The molecule has 0 atom stereocenters. The van der Waals surface area contributed by atoms with Crippen LogP contribution in [0.15, 0.2) is 36.4 Å². The largest absolute Gasteiger partial charge is 0.489 e. The lowest BCUT2D eigenvalue weighted by Crippen LogP contribution is -2.16. The minimum absolute atomic E-state index is 0.0887. The summed E-state index contributed by atoms with van der Waals surface area (Å²) in [5.74, 6) is 0.619. The molecule has 0 saturated carbocycles. The predicted octanol–water partition coefficient (Wildman–Crippen LogP) is 5.64. The lowest BCUT2D eigenvalue weighted by atomic mass is 10.1. The molecule has 0 aliphatic heterocycles. The lowest BCUT2D eigenvalue weighted by Gasteiger charge is -2.17. The molecule has 0 spiro atoms. The number of alkyl halides is 2. The molecular formula is C20H23F2NO3. The molecule has 0 aromatic heterocycles. The molecule has 26 heavy (non-hydrogen) atoms. The van der Waals surface area contributed by atoms with Crippen LogP contribution in [0.3, 0.4) is 0 Å². The molecule has 1 amide bonds. The third-order valence-corrected chi connectivity index (χ3v) is 3.98. The first-order valence-electron chi connectivity index (χ1n) is 8.52. The van der Waals surface area contributed by atoms with Crippen molar-refractivity contribution in [2.45, 2.75) is 40.2 Å². The molecule has 6 heteroatoms. The van der Waals surface area contributed by atoms with Crippen molar-refractivity contribution in [1.29, 1.82) is 0 Å². The van der Waals surface area contributed by atoms with E-state index in [9.17, 15) is 13.6 Å². The minimum atomic E-state index is -2.68. The standard InChI is InChI=1S/C20H23F2NO3/c1-4-14-9-10-18(13(3)11-14)26-12-16-15(19(21)22)7-6-8-17(16)23-20(24)25-5-2/h6-11,19H,4-5,12H2,1-3H3,(H,23,24). The van der Waals surface area contributed by atoms with Gasteiger partial charge in [-0.1, -0.05) is 31.2 Å².